The molecule has 4 aromatic rings. The number of methoxy groups -OCH3 is 2. The Balaban J connectivity index is 1.67. The lowest BCUT2D eigenvalue weighted by Crippen LogP contribution is -2.40. The number of nitrogens with zero attached hydrogens (tertiary/aromatic N) is 3. The molecule has 13 heteroatoms. The zero-order valence-electron chi connectivity index (χ0n) is 22.9. The first-order valence-corrected chi connectivity index (χ1v) is 14.2. The number of halogens is 1. The van der Waals surface area contributed by atoms with Crippen molar-refractivity contribution in [3.05, 3.63) is 105 Å². The van der Waals surface area contributed by atoms with E-state index in [1.54, 1.807) is 56.3 Å². The van der Waals surface area contributed by atoms with Gasteiger partial charge >= 0.3 is 5.97 Å². The summed E-state index contributed by atoms with van der Waals surface area (Å²) < 4.78 is 24.6. The first-order valence-electron chi connectivity index (χ1n) is 12.6. The SMILES string of the molecule is CCOC(=O)C1=C(C)N=c2s/c(=C\c3ccc(-c4cccc([N+](=O)[O-])c4)o3)c(=O)n2[C@@H]1c1cc(OC)c(OC)cc1Br. The largest absolute Gasteiger partial charge is 0.493 e. The lowest BCUT2D eigenvalue weighted by atomic mass is 9.95. The Hall–Kier alpha value is -4.49. The monoisotopic (exact) mass is 653 g/mol. The van der Waals surface area contributed by atoms with Gasteiger partial charge in [0.15, 0.2) is 16.3 Å². The fraction of sp³-hybridized carbons (Fsp3) is 0.207. The van der Waals surface area contributed by atoms with Crippen LogP contribution in [0.1, 0.15) is 31.2 Å². The van der Waals surface area contributed by atoms with Crippen molar-refractivity contribution in [2.24, 2.45) is 4.99 Å². The predicted molar refractivity (Wildman–Crippen MR) is 158 cm³/mol. The highest BCUT2D eigenvalue weighted by atomic mass is 79.9. The Kier molecular flexibility index (Phi) is 8.14. The van der Waals surface area contributed by atoms with Crippen molar-refractivity contribution in [3.63, 3.8) is 0 Å². The van der Waals surface area contributed by atoms with Gasteiger partial charge in [0.25, 0.3) is 11.2 Å². The molecule has 0 bridgehead atoms. The van der Waals surface area contributed by atoms with Gasteiger partial charge in [0.1, 0.15) is 11.5 Å². The average Bonchev–Trinajstić information content (AvgIpc) is 3.56. The summed E-state index contributed by atoms with van der Waals surface area (Å²) in [6.45, 7) is 3.55. The van der Waals surface area contributed by atoms with Gasteiger partial charge in [-0.3, -0.25) is 19.5 Å². The Morgan fingerprint density at radius 1 is 1.19 bits per heavy atom. The minimum Gasteiger partial charge on any atom is -0.493 e. The molecule has 216 valence electrons. The predicted octanol–water partition coefficient (Wildman–Crippen LogP) is 4.75. The summed E-state index contributed by atoms with van der Waals surface area (Å²) in [5.41, 5.74) is 1.27. The molecule has 0 aliphatic carbocycles. The maximum atomic E-state index is 13.9. The maximum Gasteiger partial charge on any atom is 0.338 e. The van der Waals surface area contributed by atoms with E-state index in [2.05, 4.69) is 20.9 Å². The molecular formula is C29H24BrN3O8S. The quantitative estimate of drug-likeness (QED) is 0.151. The summed E-state index contributed by atoms with van der Waals surface area (Å²) in [6, 6.07) is 12.0. The Bertz CT molecular complexity index is 1940. The maximum absolute atomic E-state index is 13.9. The minimum absolute atomic E-state index is 0.0622. The van der Waals surface area contributed by atoms with Crippen molar-refractivity contribution in [2.75, 3.05) is 20.8 Å². The lowest BCUT2D eigenvalue weighted by Gasteiger charge is -2.26. The average molecular weight is 654 g/mol. The Morgan fingerprint density at radius 2 is 1.93 bits per heavy atom. The highest BCUT2D eigenvalue weighted by molar-refractivity contribution is 9.10. The molecule has 2 aromatic carbocycles. The number of carbonyl (C=O) groups excluding carboxylic acids is 1. The molecule has 42 heavy (non-hydrogen) atoms. The molecule has 2 aromatic heterocycles. The molecule has 0 saturated heterocycles. The van der Waals surface area contributed by atoms with Crippen LogP contribution >= 0.6 is 27.3 Å². The molecule has 0 radical (unpaired) electrons. The van der Waals surface area contributed by atoms with Crippen molar-refractivity contribution < 1.29 is 28.3 Å². The second-order valence-corrected chi connectivity index (χ2v) is 10.9. The van der Waals surface area contributed by atoms with E-state index in [1.165, 1.54) is 30.9 Å². The van der Waals surface area contributed by atoms with Gasteiger partial charge in [-0.05, 0) is 43.7 Å². The number of allylic oxidation sites excluding steroid dienone is 1. The van der Waals surface area contributed by atoms with Crippen LogP contribution in [0.5, 0.6) is 11.5 Å². The van der Waals surface area contributed by atoms with Gasteiger partial charge < -0.3 is 18.6 Å². The molecule has 5 rings (SSSR count). The number of ether oxygens (including phenoxy) is 3. The van der Waals surface area contributed by atoms with Gasteiger partial charge in [-0.2, -0.15) is 0 Å². The number of benzene rings is 2. The van der Waals surface area contributed by atoms with E-state index < -0.39 is 22.5 Å². The van der Waals surface area contributed by atoms with Crippen molar-refractivity contribution in [1.29, 1.82) is 0 Å². The fourth-order valence-electron chi connectivity index (χ4n) is 4.65. The zero-order valence-corrected chi connectivity index (χ0v) is 25.3. The molecule has 0 spiro atoms. The summed E-state index contributed by atoms with van der Waals surface area (Å²) >= 11 is 4.72. The molecule has 0 fully saturated rings. The molecule has 0 amide bonds. The zero-order chi connectivity index (χ0) is 30.1. The summed E-state index contributed by atoms with van der Waals surface area (Å²) in [5.74, 6) is 1.07. The standard InChI is InChI=1S/C29H24BrN3O8S/c1-5-40-28(35)25-15(2)31-29-32(26(25)19-13-22(38-3)23(39-4)14-20(19)30)27(34)24(42-29)12-18-9-10-21(41-18)16-7-6-8-17(11-16)33(36)37/h6-14,26H,5H2,1-4H3/b24-12-/t26-/m1/s1. The number of furan rings is 1. The van der Waals surface area contributed by atoms with Crippen molar-refractivity contribution >= 4 is 45.0 Å². The van der Waals surface area contributed by atoms with Crippen molar-refractivity contribution in [2.45, 2.75) is 19.9 Å². The van der Waals surface area contributed by atoms with Crippen LogP contribution in [0.15, 0.2) is 78.5 Å². The second-order valence-electron chi connectivity index (χ2n) is 9.04. The number of hydrogen-bond acceptors (Lipinski definition) is 10. The molecule has 1 aliphatic rings. The third-order valence-electron chi connectivity index (χ3n) is 6.56. The van der Waals surface area contributed by atoms with Gasteiger partial charge in [-0.25, -0.2) is 9.79 Å². The highest BCUT2D eigenvalue weighted by Crippen LogP contribution is 2.40. The first kappa shape index (κ1) is 29.0. The van der Waals surface area contributed by atoms with Gasteiger partial charge in [0.05, 0.1) is 47.6 Å². The van der Waals surface area contributed by atoms with Crippen LogP contribution in [0.25, 0.3) is 17.4 Å². The fourth-order valence-corrected chi connectivity index (χ4v) is 6.22. The number of nitro benzene ring substituents is 1. The Morgan fingerprint density at radius 3 is 2.62 bits per heavy atom. The third kappa shape index (κ3) is 5.28. The number of carbonyl (C=O) groups is 1. The normalized spacial score (nSPS) is 14.8. The molecular weight excluding hydrogens is 630 g/mol. The lowest BCUT2D eigenvalue weighted by molar-refractivity contribution is -0.384. The topological polar surface area (TPSA) is 135 Å². The van der Waals surface area contributed by atoms with Crippen LogP contribution in [-0.4, -0.2) is 36.3 Å². The van der Waals surface area contributed by atoms with Crippen LogP contribution in [-0.2, 0) is 9.53 Å². The molecule has 11 nitrogen and oxygen atoms in total. The van der Waals surface area contributed by atoms with E-state index in [9.17, 15) is 19.7 Å². The van der Waals surface area contributed by atoms with Crippen LogP contribution in [0, 0.1) is 10.1 Å². The third-order valence-corrected chi connectivity index (χ3v) is 8.23. The summed E-state index contributed by atoms with van der Waals surface area (Å²) in [5, 5.41) is 11.2. The number of nitro groups is 1. The van der Waals surface area contributed by atoms with Gasteiger partial charge in [0, 0.05) is 28.2 Å². The van der Waals surface area contributed by atoms with E-state index in [4.69, 9.17) is 18.6 Å². The number of esters is 1. The summed E-state index contributed by atoms with van der Waals surface area (Å²) in [6.07, 6.45) is 1.58. The number of fused-ring (bicyclic) bond motifs is 1. The van der Waals surface area contributed by atoms with Crippen LogP contribution in [0.2, 0.25) is 0 Å². The smallest absolute Gasteiger partial charge is 0.338 e. The van der Waals surface area contributed by atoms with Crippen molar-refractivity contribution in [1.82, 2.24) is 4.57 Å². The first-order chi connectivity index (χ1) is 20.2. The van der Waals surface area contributed by atoms with E-state index in [0.29, 0.717) is 53.6 Å². The number of non-ortho nitro benzene ring substituents is 1. The molecule has 1 atom stereocenters. The van der Waals surface area contributed by atoms with Crippen LogP contribution < -0.4 is 24.4 Å². The Labute approximate surface area is 251 Å². The second kappa shape index (κ2) is 11.8. The van der Waals surface area contributed by atoms with Gasteiger partial charge in [-0.15, -0.1) is 0 Å². The number of rotatable bonds is 8. The molecule has 0 N–H and O–H groups in total. The van der Waals surface area contributed by atoms with E-state index in [-0.39, 0.29) is 17.9 Å². The van der Waals surface area contributed by atoms with Crippen LogP contribution in [0.4, 0.5) is 5.69 Å². The summed E-state index contributed by atoms with van der Waals surface area (Å²) in [7, 11) is 3.01. The van der Waals surface area contributed by atoms with E-state index in [1.807, 2.05) is 0 Å². The minimum atomic E-state index is -0.881. The van der Waals surface area contributed by atoms with Crippen molar-refractivity contribution in [3.8, 4) is 22.8 Å². The van der Waals surface area contributed by atoms with Crippen LogP contribution in [0.3, 0.4) is 0 Å². The van der Waals surface area contributed by atoms with Gasteiger partial charge in [-0.1, -0.05) is 39.4 Å². The highest BCUT2D eigenvalue weighted by Gasteiger charge is 2.35. The number of thiazole rings is 1. The number of aromatic nitrogens is 1. The molecule has 1 aliphatic heterocycles. The van der Waals surface area contributed by atoms with Gasteiger partial charge in [0.2, 0.25) is 0 Å². The molecule has 0 unspecified atom stereocenters. The molecule has 0 saturated carbocycles. The molecule has 3 heterocycles. The number of hydrogen-bond donors (Lipinski definition) is 0. The summed E-state index contributed by atoms with van der Waals surface area (Å²) in [4.78, 5) is 42.8. The van der Waals surface area contributed by atoms with E-state index in [0.717, 1.165) is 11.3 Å². The van der Waals surface area contributed by atoms with E-state index >= 15 is 0 Å².